The summed E-state index contributed by atoms with van der Waals surface area (Å²) in [5.74, 6) is 0.257. The standard InChI is InChI=1S/C16H25BrN2OS.ClH/c17-13-10-15(21-12-13)14(11-19-8-6-18-7-9-19)16(20)4-2-1-3-5-16;/h10,12,14,18,20H,1-9,11H2;1H. The number of halogens is 2. The molecular formula is C16H26BrClN2OS. The van der Waals surface area contributed by atoms with Crippen LogP contribution >= 0.6 is 39.7 Å². The van der Waals surface area contributed by atoms with Gasteiger partial charge in [0.05, 0.1) is 5.60 Å². The van der Waals surface area contributed by atoms with Crippen LogP contribution in [-0.4, -0.2) is 48.3 Å². The lowest BCUT2D eigenvalue weighted by Gasteiger charge is -2.42. The second kappa shape index (κ2) is 8.45. The van der Waals surface area contributed by atoms with Crippen molar-refractivity contribution in [1.29, 1.82) is 0 Å². The highest BCUT2D eigenvalue weighted by molar-refractivity contribution is 9.10. The van der Waals surface area contributed by atoms with Gasteiger partial charge in [-0.05, 0) is 34.8 Å². The van der Waals surface area contributed by atoms with Crippen molar-refractivity contribution in [3.63, 3.8) is 0 Å². The molecule has 1 saturated carbocycles. The van der Waals surface area contributed by atoms with E-state index < -0.39 is 5.60 Å². The van der Waals surface area contributed by atoms with E-state index in [9.17, 15) is 5.11 Å². The van der Waals surface area contributed by atoms with Crippen molar-refractivity contribution in [1.82, 2.24) is 10.2 Å². The number of thiophene rings is 1. The zero-order valence-electron chi connectivity index (χ0n) is 12.9. The molecule has 3 nitrogen and oxygen atoms in total. The summed E-state index contributed by atoms with van der Waals surface area (Å²) in [5.41, 5.74) is -0.507. The molecule has 22 heavy (non-hydrogen) atoms. The Hall–Kier alpha value is 0.350. The zero-order valence-corrected chi connectivity index (χ0v) is 16.1. The maximum Gasteiger partial charge on any atom is 0.0736 e. The molecule has 0 spiro atoms. The number of hydrogen-bond donors (Lipinski definition) is 2. The molecule has 126 valence electrons. The summed E-state index contributed by atoms with van der Waals surface area (Å²) in [6, 6.07) is 2.21. The number of hydrogen-bond acceptors (Lipinski definition) is 4. The van der Waals surface area contributed by atoms with Crippen LogP contribution in [0.3, 0.4) is 0 Å². The molecule has 0 amide bonds. The summed E-state index contributed by atoms with van der Waals surface area (Å²) in [6.45, 7) is 5.32. The first-order valence-corrected chi connectivity index (χ1v) is 9.74. The van der Waals surface area contributed by atoms with Crippen LogP contribution < -0.4 is 5.32 Å². The Morgan fingerprint density at radius 1 is 1.27 bits per heavy atom. The normalized spacial score (nSPS) is 23.7. The molecule has 0 radical (unpaired) electrons. The van der Waals surface area contributed by atoms with Crippen molar-refractivity contribution in [2.75, 3.05) is 32.7 Å². The number of nitrogens with one attached hydrogen (secondary N) is 1. The van der Waals surface area contributed by atoms with Gasteiger partial charge in [-0.15, -0.1) is 23.7 Å². The highest BCUT2D eigenvalue weighted by atomic mass is 79.9. The van der Waals surface area contributed by atoms with Crippen LogP contribution in [0.15, 0.2) is 15.9 Å². The monoisotopic (exact) mass is 408 g/mol. The lowest BCUT2D eigenvalue weighted by Crippen LogP contribution is -2.49. The topological polar surface area (TPSA) is 35.5 Å². The maximum absolute atomic E-state index is 11.3. The fraction of sp³-hybridized carbons (Fsp3) is 0.750. The highest BCUT2D eigenvalue weighted by Gasteiger charge is 2.40. The van der Waals surface area contributed by atoms with Crippen LogP contribution in [-0.2, 0) is 0 Å². The van der Waals surface area contributed by atoms with E-state index in [0.717, 1.165) is 50.0 Å². The minimum absolute atomic E-state index is 0. The van der Waals surface area contributed by atoms with E-state index in [2.05, 4.69) is 37.6 Å². The first-order chi connectivity index (χ1) is 10.2. The Labute approximate surface area is 152 Å². The molecule has 6 heteroatoms. The Morgan fingerprint density at radius 3 is 2.55 bits per heavy atom. The van der Waals surface area contributed by atoms with Gasteiger partial charge in [0.1, 0.15) is 0 Å². The molecule has 1 atom stereocenters. The fourth-order valence-corrected chi connectivity index (χ4v) is 5.35. The summed E-state index contributed by atoms with van der Waals surface area (Å²) in [5, 5.41) is 16.8. The number of aliphatic hydroxyl groups is 1. The lowest BCUT2D eigenvalue weighted by molar-refractivity contribution is -0.0307. The summed E-state index contributed by atoms with van der Waals surface area (Å²) < 4.78 is 1.15. The van der Waals surface area contributed by atoms with E-state index in [1.54, 1.807) is 11.3 Å². The van der Waals surface area contributed by atoms with E-state index in [1.807, 2.05) is 0 Å². The van der Waals surface area contributed by atoms with Crippen molar-refractivity contribution < 1.29 is 5.11 Å². The second-order valence-electron chi connectivity index (χ2n) is 6.43. The molecular weight excluding hydrogens is 384 g/mol. The molecule has 1 aliphatic heterocycles. The van der Waals surface area contributed by atoms with Gasteiger partial charge in [-0.25, -0.2) is 0 Å². The molecule has 1 saturated heterocycles. The second-order valence-corrected chi connectivity index (χ2v) is 8.29. The van der Waals surface area contributed by atoms with Gasteiger partial charge < -0.3 is 15.3 Å². The minimum atomic E-state index is -0.507. The van der Waals surface area contributed by atoms with Crippen molar-refractivity contribution in [3.05, 3.63) is 20.8 Å². The van der Waals surface area contributed by atoms with Gasteiger partial charge in [0.15, 0.2) is 0 Å². The average Bonchev–Trinajstić information content (AvgIpc) is 2.93. The van der Waals surface area contributed by atoms with Crippen LogP contribution in [0.4, 0.5) is 0 Å². The molecule has 0 bridgehead atoms. The minimum Gasteiger partial charge on any atom is -0.389 e. The van der Waals surface area contributed by atoms with Gasteiger partial charge in [-0.1, -0.05) is 19.3 Å². The van der Waals surface area contributed by atoms with Crippen molar-refractivity contribution in [3.8, 4) is 0 Å². The molecule has 1 aromatic heterocycles. The van der Waals surface area contributed by atoms with E-state index in [-0.39, 0.29) is 18.3 Å². The third-order valence-electron chi connectivity index (χ3n) is 4.95. The predicted molar refractivity (Wildman–Crippen MR) is 99.4 cm³/mol. The molecule has 1 aromatic rings. The molecule has 1 aliphatic carbocycles. The molecule has 2 fully saturated rings. The largest absolute Gasteiger partial charge is 0.389 e. The molecule has 3 rings (SSSR count). The van der Waals surface area contributed by atoms with E-state index in [0.29, 0.717) is 0 Å². The van der Waals surface area contributed by atoms with Crippen LogP contribution in [0.25, 0.3) is 0 Å². The lowest BCUT2D eigenvalue weighted by atomic mass is 9.74. The SMILES string of the molecule is Cl.OC1(C(CN2CCNCC2)c2cc(Br)cs2)CCCCC1. The van der Waals surface area contributed by atoms with Gasteiger partial charge in [0.2, 0.25) is 0 Å². The third kappa shape index (κ3) is 4.46. The van der Waals surface area contributed by atoms with E-state index in [4.69, 9.17) is 0 Å². The van der Waals surface area contributed by atoms with Crippen molar-refractivity contribution in [2.24, 2.45) is 0 Å². The Kier molecular flexibility index (Phi) is 7.18. The molecule has 2 aliphatic rings. The summed E-state index contributed by atoms with van der Waals surface area (Å²) in [4.78, 5) is 3.85. The van der Waals surface area contributed by atoms with Crippen molar-refractivity contribution in [2.45, 2.75) is 43.6 Å². The number of rotatable bonds is 4. The summed E-state index contributed by atoms with van der Waals surface area (Å²) in [7, 11) is 0. The molecule has 0 aromatic carbocycles. The van der Waals surface area contributed by atoms with Crippen LogP contribution in [0.2, 0.25) is 0 Å². The van der Waals surface area contributed by atoms with Crippen LogP contribution in [0.5, 0.6) is 0 Å². The Balaban J connectivity index is 0.00000176. The van der Waals surface area contributed by atoms with E-state index in [1.165, 1.54) is 24.1 Å². The number of piperazine rings is 1. The first-order valence-electron chi connectivity index (χ1n) is 8.07. The summed E-state index contributed by atoms with van der Waals surface area (Å²) >= 11 is 5.36. The Bertz CT molecular complexity index is 459. The van der Waals surface area contributed by atoms with Gasteiger partial charge in [0, 0.05) is 53.4 Å². The smallest absolute Gasteiger partial charge is 0.0736 e. The van der Waals surface area contributed by atoms with E-state index >= 15 is 0 Å². The number of nitrogens with zero attached hydrogens (tertiary/aromatic N) is 1. The van der Waals surface area contributed by atoms with Crippen LogP contribution in [0, 0.1) is 0 Å². The maximum atomic E-state index is 11.3. The zero-order chi connectivity index (χ0) is 14.7. The molecule has 2 heterocycles. The average molecular weight is 410 g/mol. The van der Waals surface area contributed by atoms with Crippen molar-refractivity contribution >= 4 is 39.7 Å². The third-order valence-corrected chi connectivity index (χ3v) is 6.76. The Morgan fingerprint density at radius 2 is 1.95 bits per heavy atom. The van der Waals surface area contributed by atoms with Gasteiger partial charge in [0.25, 0.3) is 0 Å². The predicted octanol–water partition coefficient (Wildman–Crippen LogP) is 3.62. The van der Waals surface area contributed by atoms with Gasteiger partial charge in [-0.2, -0.15) is 0 Å². The highest BCUT2D eigenvalue weighted by Crippen LogP contribution is 2.42. The molecule has 2 N–H and O–H groups in total. The van der Waals surface area contributed by atoms with Gasteiger partial charge in [-0.3, -0.25) is 0 Å². The first kappa shape index (κ1) is 18.7. The van der Waals surface area contributed by atoms with Crippen LogP contribution in [0.1, 0.15) is 42.9 Å². The van der Waals surface area contributed by atoms with Gasteiger partial charge >= 0.3 is 0 Å². The fourth-order valence-electron chi connectivity index (χ4n) is 3.70. The quantitative estimate of drug-likeness (QED) is 0.797. The molecule has 1 unspecified atom stereocenters. The summed E-state index contributed by atoms with van der Waals surface area (Å²) in [6.07, 6.45) is 5.53.